The van der Waals surface area contributed by atoms with Crippen LogP contribution < -0.4 is 5.32 Å². The van der Waals surface area contributed by atoms with E-state index in [0.29, 0.717) is 0 Å². The number of ether oxygens (including phenoxy) is 1. The van der Waals surface area contributed by atoms with Crippen molar-refractivity contribution < 1.29 is 14.3 Å². The van der Waals surface area contributed by atoms with Crippen LogP contribution in [-0.2, 0) is 16.1 Å². The van der Waals surface area contributed by atoms with Gasteiger partial charge in [-0.15, -0.1) is 0 Å². The molecule has 0 bridgehead atoms. The van der Waals surface area contributed by atoms with Crippen LogP contribution in [0.25, 0.3) is 0 Å². The molecule has 0 aliphatic carbocycles. The predicted octanol–water partition coefficient (Wildman–Crippen LogP) is 1.41. The van der Waals surface area contributed by atoms with E-state index in [4.69, 9.17) is 4.74 Å². The first-order valence-corrected chi connectivity index (χ1v) is 4.57. The van der Waals surface area contributed by atoms with E-state index in [2.05, 4.69) is 5.32 Å². The van der Waals surface area contributed by atoms with Gasteiger partial charge in [0.15, 0.2) is 0 Å². The fourth-order valence-corrected chi connectivity index (χ4v) is 0.971. The van der Waals surface area contributed by atoms with Crippen LogP contribution in [0.4, 0.5) is 4.79 Å². The standard InChI is InChI=1S/C11H12NO3/c1-9(7-13)12-11(14)15-8-10-5-3-2-4-6-10/h2-6,9H,8H2,1H3,(H,12,14)/t9-/m1/s1. The van der Waals surface area contributed by atoms with Crippen molar-refractivity contribution in [1.29, 1.82) is 0 Å². The van der Waals surface area contributed by atoms with Gasteiger partial charge in [0.25, 0.3) is 0 Å². The lowest BCUT2D eigenvalue weighted by molar-refractivity contribution is 0.138. The molecule has 79 valence electrons. The first kappa shape index (κ1) is 11.2. The van der Waals surface area contributed by atoms with E-state index < -0.39 is 12.1 Å². The van der Waals surface area contributed by atoms with Crippen molar-refractivity contribution >= 4 is 12.4 Å². The lowest BCUT2D eigenvalue weighted by Crippen LogP contribution is -2.33. The largest absolute Gasteiger partial charge is 0.445 e. The molecule has 1 N–H and O–H groups in total. The molecule has 15 heavy (non-hydrogen) atoms. The Kier molecular flexibility index (Phi) is 4.34. The number of benzene rings is 1. The number of nitrogens with one attached hydrogen (secondary N) is 1. The number of hydrogen-bond donors (Lipinski definition) is 1. The van der Waals surface area contributed by atoms with Crippen LogP contribution in [-0.4, -0.2) is 18.4 Å². The molecule has 1 aromatic rings. The molecule has 1 radical (unpaired) electrons. The second-order valence-corrected chi connectivity index (χ2v) is 3.05. The summed E-state index contributed by atoms with van der Waals surface area (Å²) >= 11 is 0. The molecule has 0 aliphatic rings. The SMILES string of the molecule is C[C@H]([C]=O)NC(=O)OCc1ccccc1. The van der Waals surface area contributed by atoms with Gasteiger partial charge in [0.1, 0.15) is 6.61 Å². The average molecular weight is 206 g/mol. The molecule has 0 saturated carbocycles. The van der Waals surface area contributed by atoms with Gasteiger partial charge in [-0.25, -0.2) is 4.79 Å². The van der Waals surface area contributed by atoms with Gasteiger partial charge in [-0.2, -0.15) is 0 Å². The minimum Gasteiger partial charge on any atom is -0.445 e. The number of amides is 1. The Bertz CT molecular complexity index is 324. The number of rotatable bonds is 4. The molecule has 1 aromatic carbocycles. The summed E-state index contributed by atoms with van der Waals surface area (Å²) in [6, 6.07) is 8.66. The highest BCUT2D eigenvalue weighted by molar-refractivity contribution is 5.72. The Balaban J connectivity index is 2.31. The van der Waals surface area contributed by atoms with E-state index in [1.165, 1.54) is 6.92 Å². The van der Waals surface area contributed by atoms with Gasteiger partial charge in [-0.3, -0.25) is 4.79 Å². The van der Waals surface area contributed by atoms with Crippen LogP contribution in [0.2, 0.25) is 0 Å². The molecule has 1 amide bonds. The monoisotopic (exact) mass is 206 g/mol. The predicted molar refractivity (Wildman–Crippen MR) is 54.9 cm³/mol. The van der Waals surface area contributed by atoms with Gasteiger partial charge in [-0.05, 0) is 12.5 Å². The summed E-state index contributed by atoms with van der Waals surface area (Å²) in [6.45, 7) is 1.72. The Morgan fingerprint density at radius 2 is 2.13 bits per heavy atom. The van der Waals surface area contributed by atoms with Crippen molar-refractivity contribution in [3.63, 3.8) is 0 Å². The van der Waals surface area contributed by atoms with Crippen molar-refractivity contribution in [3.05, 3.63) is 35.9 Å². The first-order valence-electron chi connectivity index (χ1n) is 4.57. The Morgan fingerprint density at radius 3 is 2.73 bits per heavy atom. The lowest BCUT2D eigenvalue weighted by atomic mass is 10.2. The van der Waals surface area contributed by atoms with Gasteiger partial charge >= 0.3 is 6.09 Å². The van der Waals surface area contributed by atoms with Crippen LogP contribution in [0.1, 0.15) is 12.5 Å². The summed E-state index contributed by atoms with van der Waals surface area (Å²) in [5.41, 5.74) is 0.899. The molecule has 0 saturated heterocycles. The molecule has 4 heteroatoms. The zero-order valence-corrected chi connectivity index (χ0v) is 8.40. The fraction of sp³-hybridized carbons (Fsp3) is 0.273. The number of carbonyl (C=O) groups is 1. The highest BCUT2D eigenvalue weighted by Crippen LogP contribution is 2.00. The van der Waals surface area contributed by atoms with Crippen molar-refractivity contribution in [1.82, 2.24) is 5.32 Å². The molecule has 0 aromatic heterocycles. The van der Waals surface area contributed by atoms with E-state index in [0.717, 1.165) is 5.56 Å². The van der Waals surface area contributed by atoms with E-state index in [1.54, 1.807) is 6.29 Å². The fourth-order valence-electron chi connectivity index (χ4n) is 0.971. The Hall–Kier alpha value is -1.84. The normalized spacial score (nSPS) is 11.5. The van der Waals surface area contributed by atoms with Crippen LogP contribution in [0.15, 0.2) is 30.3 Å². The maximum absolute atomic E-state index is 11.1. The van der Waals surface area contributed by atoms with Crippen LogP contribution in [0.5, 0.6) is 0 Å². The van der Waals surface area contributed by atoms with E-state index in [9.17, 15) is 9.59 Å². The number of hydrogen-bond acceptors (Lipinski definition) is 3. The number of alkyl carbamates (subject to hydrolysis) is 1. The summed E-state index contributed by atoms with van der Waals surface area (Å²) in [6.07, 6.45) is 1.02. The second-order valence-electron chi connectivity index (χ2n) is 3.05. The third kappa shape index (κ3) is 4.26. The smallest absolute Gasteiger partial charge is 0.408 e. The Morgan fingerprint density at radius 1 is 1.47 bits per heavy atom. The summed E-state index contributed by atoms with van der Waals surface area (Å²) in [5, 5.41) is 2.32. The van der Waals surface area contributed by atoms with Gasteiger partial charge < -0.3 is 10.1 Å². The maximum atomic E-state index is 11.1. The highest BCUT2D eigenvalue weighted by atomic mass is 16.5. The van der Waals surface area contributed by atoms with Crippen LogP contribution >= 0.6 is 0 Å². The molecular weight excluding hydrogens is 194 g/mol. The molecule has 0 spiro atoms. The summed E-state index contributed by atoms with van der Waals surface area (Å²) < 4.78 is 4.87. The molecule has 0 aliphatic heterocycles. The van der Waals surface area contributed by atoms with E-state index >= 15 is 0 Å². The molecule has 4 nitrogen and oxygen atoms in total. The third-order valence-electron chi connectivity index (χ3n) is 1.72. The average Bonchev–Trinajstić information content (AvgIpc) is 2.27. The zero-order valence-electron chi connectivity index (χ0n) is 8.40. The van der Waals surface area contributed by atoms with Crippen LogP contribution in [0, 0.1) is 0 Å². The quantitative estimate of drug-likeness (QED) is 0.810. The van der Waals surface area contributed by atoms with E-state index in [-0.39, 0.29) is 6.61 Å². The number of carbonyl (C=O) groups excluding carboxylic acids is 2. The molecule has 0 heterocycles. The van der Waals surface area contributed by atoms with Crippen molar-refractivity contribution in [2.24, 2.45) is 0 Å². The topological polar surface area (TPSA) is 55.4 Å². The molecule has 0 fully saturated rings. The summed E-state index contributed by atoms with van der Waals surface area (Å²) in [5.74, 6) is 0. The zero-order chi connectivity index (χ0) is 11.1. The lowest BCUT2D eigenvalue weighted by Gasteiger charge is -2.07. The minimum absolute atomic E-state index is 0.193. The minimum atomic E-state index is -0.645. The summed E-state index contributed by atoms with van der Waals surface area (Å²) in [7, 11) is 0. The van der Waals surface area contributed by atoms with Crippen molar-refractivity contribution in [3.8, 4) is 0 Å². The molecule has 1 rings (SSSR count). The van der Waals surface area contributed by atoms with Crippen LogP contribution in [0.3, 0.4) is 0 Å². The Labute approximate surface area is 88.2 Å². The van der Waals surface area contributed by atoms with Gasteiger partial charge in [-0.1, -0.05) is 30.3 Å². The highest BCUT2D eigenvalue weighted by Gasteiger charge is 2.07. The summed E-state index contributed by atoms with van der Waals surface area (Å²) in [4.78, 5) is 21.2. The maximum Gasteiger partial charge on any atom is 0.408 e. The molecule has 0 unspecified atom stereocenters. The molecular formula is C11H12NO3. The second kappa shape index (κ2) is 5.80. The van der Waals surface area contributed by atoms with Crippen molar-refractivity contribution in [2.75, 3.05) is 0 Å². The van der Waals surface area contributed by atoms with Gasteiger partial charge in [0, 0.05) is 0 Å². The van der Waals surface area contributed by atoms with Gasteiger partial charge in [0.2, 0.25) is 6.29 Å². The molecule has 1 atom stereocenters. The third-order valence-corrected chi connectivity index (χ3v) is 1.72. The van der Waals surface area contributed by atoms with Gasteiger partial charge in [0.05, 0.1) is 6.04 Å². The van der Waals surface area contributed by atoms with Crippen molar-refractivity contribution in [2.45, 2.75) is 19.6 Å². The first-order chi connectivity index (χ1) is 7.22. The van der Waals surface area contributed by atoms with E-state index in [1.807, 2.05) is 30.3 Å².